The normalized spacial score (nSPS) is 14.7. The predicted molar refractivity (Wildman–Crippen MR) is 112 cm³/mol. The fourth-order valence-electron chi connectivity index (χ4n) is 3.23. The van der Waals surface area contributed by atoms with Gasteiger partial charge in [-0.05, 0) is 49.0 Å². The third kappa shape index (κ3) is 4.83. The number of piperazine rings is 1. The quantitative estimate of drug-likeness (QED) is 0.614. The first kappa shape index (κ1) is 20.4. The van der Waals surface area contributed by atoms with Gasteiger partial charge in [0, 0.05) is 43.2 Å². The molecule has 0 N–H and O–H groups in total. The molecule has 0 radical (unpaired) electrons. The largest absolute Gasteiger partial charge is 0.489 e. The van der Waals surface area contributed by atoms with Crippen LogP contribution in [0.5, 0.6) is 5.75 Å². The molecule has 1 saturated heterocycles. The summed E-state index contributed by atoms with van der Waals surface area (Å²) in [5.41, 5.74) is 1.76. The van der Waals surface area contributed by atoms with Gasteiger partial charge >= 0.3 is 0 Å². The van der Waals surface area contributed by atoms with Gasteiger partial charge in [-0.25, -0.2) is 13.8 Å². The maximum absolute atomic E-state index is 13.3. The second-order valence-electron chi connectivity index (χ2n) is 7.22. The van der Waals surface area contributed by atoms with Crippen molar-refractivity contribution in [3.8, 4) is 16.3 Å². The highest BCUT2D eigenvalue weighted by atomic mass is 32.1. The summed E-state index contributed by atoms with van der Waals surface area (Å²) >= 11 is 1.42. The first-order valence-electron chi connectivity index (χ1n) is 9.59. The average Bonchev–Trinajstić information content (AvgIpc) is 3.22. The fourth-order valence-corrected chi connectivity index (χ4v) is 4.03. The van der Waals surface area contributed by atoms with Gasteiger partial charge in [-0.15, -0.1) is 11.3 Å². The highest BCUT2D eigenvalue weighted by Crippen LogP contribution is 2.27. The molecular weight excluding hydrogens is 408 g/mol. The minimum absolute atomic E-state index is 0.0344. The van der Waals surface area contributed by atoms with Crippen LogP contribution in [0, 0.1) is 11.6 Å². The number of ether oxygens (including phenoxy) is 1. The Kier molecular flexibility index (Phi) is 6.06. The number of likely N-dealkylation sites (N-methyl/N-ethyl adjacent to an activating group) is 1. The summed E-state index contributed by atoms with van der Waals surface area (Å²) in [4.78, 5) is 21.2. The van der Waals surface area contributed by atoms with Crippen molar-refractivity contribution in [3.63, 3.8) is 0 Å². The summed E-state index contributed by atoms with van der Waals surface area (Å²) in [6, 6.07) is 10.6. The molecule has 0 spiro atoms. The van der Waals surface area contributed by atoms with Crippen molar-refractivity contribution in [2.75, 3.05) is 33.2 Å². The van der Waals surface area contributed by atoms with Crippen LogP contribution in [-0.2, 0) is 6.61 Å². The van der Waals surface area contributed by atoms with E-state index in [1.165, 1.54) is 23.5 Å². The average molecular weight is 429 g/mol. The Bertz CT molecular complexity index is 1010. The van der Waals surface area contributed by atoms with Crippen LogP contribution in [0.15, 0.2) is 47.8 Å². The van der Waals surface area contributed by atoms with Gasteiger partial charge in [0.2, 0.25) is 0 Å². The molecule has 30 heavy (non-hydrogen) atoms. The van der Waals surface area contributed by atoms with E-state index in [0.717, 1.165) is 29.7 Å². The standard InChI is InChI=1S/C22H21F2N3O2S/c1-26-6-8-27(9-7-26)22(28)20-14-30-21(25-20)16-2-4-19(5-3-16)29-13-15-10-17(23)12-18(24)11-15/h2-5,10-12,14H,6-9,13H2,1H3. The monoisotopic (exact) mass is 429 g/mol. The van der Waals surface area contributed by atoms with Crippen LogP contribution in [0.2, 0.25) is 0 Å². The van der Waals surface area contributed by atoms with Crippen LogP contribution in [0.1, 0.15) is 16.1 Å². The van der Waals surface area contributed by atoms with E-state index in [9.17, 15) is 13.6 Å². The van der Waals surface area contributed by atoms with Gasteiger partial charge in [0.05, 0.1) is 0 Å². The van der Waals surface area contributed by atoms with Gasteiger partial charge < -0.3 is 14.5 Å². The number of thiazole rings is 1. The van der Waals surface area contributed by atoms with Crippen molar-refractivity contribution >= 4 is 17.2 Å². The van der Waals surface area contributed by atoms with Crippen LogP contribution >= 0.6 is 11.3 Å². The number of hydrogen-bond acceptors (Lipinski definition) is 5. The Morgan fingerprint density at radius 3 is 2.40 bits per heavy atom. The van der Waals surface area contributed by atoms with Gasteiger partial charge in [0.25, 0.3) is 5.91 Å². The molecule has 1 fully saturated rings. The Balaban J connectivity index is 1.39. The van der Waals surface area contributed by atoms with Crippen molar-refractivity contribution in [2.45, 2.75) is 6.61 Å². The lowest BCUT2D eigenvalue weighted by Gasteiger charge is -2.31. The van der Waals surface area contributed by atoms with E-state index in [0.29, 0.717) is 30.1 Å². The molecule has 0 atom stereocenters. The molecule has 0 bridgehead atoms. The Hall–Kier alpha value is -2.84. The van der Waals surface area contributed by atoms with Gasteiger partial charge in [-0.2, -0.15) is 0 Å². The molecular formula is C22H21F2N3O2S. The van der Waals surface area contributed by atoms with Gasteiger partial charge in [0.15, 0.2) is 0 Å². The summed E-state index contributed by atoms with van der Waals surface area (Å²) in [5.74, 6) is -0.717. The lowest BCUT2D eigenvalue weighted by molar-refractivity contribution is 0.0659. The van der Waals surface area contributed by atoms with E-state index in [1.807, 2.05) is 24.1 Å². The van der Waals surface area contributed by atoms with Gasteiger partial charge in [0.1, 0.15) is 34.7 Å². The van der Waals surface area contributed by atoms with Crippen molar-refractivity contribution in [1.82, 2.24) is 14.8 Å². The Labute approximate surface area is 177 Å². The number of benzene rings is 2. The third-order valence-corrected chi connectivity index (χ3v) is 5.83. The molecule has 1 amide bonds. The minimum atomic E-state index is -0.630. The molecule has 1 aliphatic rings. The number of rotatable bonds is 5. The summed E-state index contributed by atoms with van der Waals surface area (Å²) in [6.45, 7) is 3.22. The third-order valence-electron chi connectivity index (χ3n) is 4.94. The maximum atomic E-state index is 13.3. The van der Waals surface area contributed by atoms with Crippen LogP contribution in [0.3, 0.4) is 0 Å². The van der Waals surface area contributed by atoms with E-state index in [-0.39, 0.29) is 12.5 Å². The van der Waals surface area contributed by atoms with E-state index in [4.69, 9.17) is 4.74 Å². The zero-order valence-electron chi connectivity index (χ0n) is 16.5. The summed E-state index contributed by atoms with van der Waals surface area (Å²) < 4.78 is 32.1. The zero-order valence-corrected chi connectivity index (χ0v) is 17.3. The number of halogens is 2. The first-order valence-corrected chi connectivity index (χ1v) is 10.5. The van der Waals surface area contributed by atoms with Crippen molar-refractivity contribution in [1.29, 1.82) is 0 Å². The molecule has 4 rings (SSSR count). The molecule has 0 aliphatic carbocycles. The molecule has 5 nitrogen and oxygen atoms in total. The molecule has 8 heteroatoms. The molecule has 156 valence electrons. The number of carbonyl (C=O) groups is 1. The zero-order chi connectivity index (χ0) is 21.1. The van der Waals surface area contributed by atoms with E-state index in [2.05, 4.69) is 9.88 Å². The molecule has 3 aromatic rings. The lowest BCUT2D eigenvalue weighted by atomic mass is 10.2. The van der Waals surface area contributed by atoms with E-state index < -0.39 is 11.6 Å². The Morgan fingerprint density at radius 2 is 1.73 bits per heavy atom. The number of aromatic nitrogens is 1. The van der Waals surface area contributed by atoms with Crippen LogP contribution in [-0.4, -0.2) is 53.9 Å². The molecule has 0 saturated carbocycles. The number of carbonyl (C=O) groups excluding carboxylic acids is 1. The highest BCUT2D eigenvalue weighted by molar-refractivity contribution is 7.13. The summed E-state index contributed by atoms with van der Waals surface area (Å²) in [7, 11) is 2.05. The molecule has 2 heterocycles. The summed E-state index contributed by atoms with van der Waals surface area (Å²) in [6.07, 6.45) is 0. The Morgan fingerprint density at radius 1 is 1.07 bits per heavy atom. The van der Waals surface area contributed by atoms with Crippen molar-refractivity contribution in [3.05, 3.63) is 70.7 Å². The number of nitrogens with zero attached hydrogens (tertiary/aromatic N) is 3. The topological polar surface area (TPSA) is 45.7 Å². The first-order chi connectivity index (χ1) is 14.5. The second-order valence-corrected chi connectivity index (χ2v) is 8.08. The smallest absolute Gasteiger partial charge is 0.273 e. The molecule has 1 aromatic heterocycles. The molecule has 1 aliphatic heterocycles. The minimum Gasteiger partial charge on any atom is -0.489 e. The van der Waals surface area contributed by atoms with Gasteiger partial charge in [-0.3, -0.25) is 4.79 Å². The van der Waals surface area contributed by atoms with Crippen LogP contribution < -0.4 is 4.74 Å². The second kappa shape index (κ2) is 8.89. The van der Waals surface area contributed by atoms with Gasteiger partial charge in [-0.1, -0.05) is 0 Å². The lowest BCUT2D eigenvalue weighted by Crippen LogP contribution is -2.47. The predicted octanol–water partition coefficient (Wildman–Crippen LogP) is 4.05. The number of hydrogen-bond donors (Lipinski definition) is 0. The maximum Gasteiger partial charge on any atom is 0.273 e. The summed E-state index contributed by atoms with van der Waals surface area (Å²) in [5, 5.41) is 2.55. The van der Waals surface area contributed by atoms with E-state index >= 15 is 0 Å². The van der Waals surface area contributed by atoms with Crippen molar-refractivity contribution in [2.24, 2.45) is 0 Å². The number of amides is 1. The highest BCUT2D eigenvalue weighted by Gasteiger charge is 2.22. The molecule has 0 unspecified atom stereocenters. The van der Waals surface area contributed by atoms with Crippen LogP contribution in [0.25, 0.3) is 10.6 Å². The van der Waals surface area contributed by atoms with Crippen LogP contribution in [0.4, 0.5) is 8.78 Å². The fraction of sp³-hybridized carbons (Fsp3) is 0.273. The van der Waals surface area contributed by atoms with E-state index in [1.54, 1.807) is 17.5 Å². The van der Waals surface area contributed by atoms with Crippen molar-refractivity contribution < 1.29 is 18.3 Å². The molecule has 2 aromatic carbocycles. The SMILES string of the molecule is CN1CCN(C(=O)c2csc(-c3ccc(OCc4cc(F)cc(F)c4)cc3)n2)CC1.